The topological polar surface area (TPSA) is 76.5 Å². The lowest BCUT2D eigenvalue weighted by Crippen LogP contribution is -2.11. The normalized spacial score (nSPS) is 25.4. The highest BCUT2D eigenvalue weighted by atomic mass is 16.4. The van der Waals surface area contributed by atoms with E-state index in [1.165, 1.54) is 6.42 Å². The first kappa shape index (κ1) is 11.2. The Morgan fingerprint density at radius 1 is 1.69 bits per heavy atom. The molecule has 0 saturated heterocycles. The minimum absolute atomic E-state index is 0.0804. The minimum Gasteiger partial charge on any atom is -0.481 e. The molecule has 1 fully saturated rings. The van der Waals surface area contributed by atoms with Gasteiger partial charge in [-0.05, 0) is 30.9 Å². The van der Waals surface area contributed by atoms with E-state index in [1.807, 2.05) is 12.1 Å². The molecule has 1 heterocycles. The quantitative estimate of drug-likeness (QED) is 0.802. The Morgan fingerprint density at radius 3 is 2.94 bits per heavy atom. The molecule has 1 saturated carbocycles. The smallest absolute Gasteiger partial charge is 0.303 e. The summed E-state index contributed by atoms with van der Waals surface area (Å²) in [5.41, 5.74) is 5.85. The number of hydrogen-bond acceptors (Lipinski definition) is 3. The molecule has 0 radical (unpaired) electrons. The van der Waals surface area contributed by atoms with E-state index < -0.39 is 5.97 Å². The van der Waals surface area contributed by atoms with Crippen molar-refractivity contribution in [1.82, 2.24) is 0 Å². The Morgan fingerprint density at radius 2 is 2.38 bits per heavy atom. The third kappa shape index (κ3) is 2.44. The van der Waals surface area contributed by atoms with Crippen LogP contribution in [0.3, 0.4) is 0 Å². The maximum Gasteiger partial charge on any atom is 0.303 e. The zero-order valence-electron chi connectivity index (χ0n) is 9.35. The number of aliphatic carboxylic acids is 1. The summed E-state index contributed by atoms with van der Waals surface area (Å²) in [7, 11) is 0. The predicted molar refractivity (Wildman–Crippen MR) is 59.0 cm³/mol. The van der Waals surface area contributed by atoms with E-state index in [1.54, 1.807) is 0 Å². The van der Waals surface area contributed by atoms with Gasteiger partial charge in [0, 0.05) is 12.3 Å². The molecule has 1 aromatic heterocycles. The second-order valence-corrected chi connectivity index (χ2v) is 4.60. The first-order valence-corrected chi connectivity index (χ1v) is 5.65. The zero-order valence-corrected chi connectivity index (χ0v) is 9.35. The van der Waals surface area contributed by atoms with Crippen molar-refractivity contribution in [2.75, 3.05) is 0 Å². The van der Waals surface area contributed by atoms with Crippen LogP contribution >= 0.6 is 0 Å². The number of carboxylic acid groups (broad SMARTS) is 1. The van der Waals surface area contributed by atoms with Crippen LogP contribution in [0.25, 0.3) is 0 Å². The SMILES string of the molecule is CC1CC1c1ccc(C(N)CCC(=O)O)o1. The van der Waals surface area contributed by atoms with Crippen LogP contribution in [-0.4, -0.2) is 11.1 Å². The van der Waals surface area contributed by atoms with Crippen LogP contribution < -0.4 is 5.73 Å². The molecule has 0 amide bonds. The van der Waals surface area contributed by atoms with Gasteiger partial charge in [0.2, 0.25) is 0 Å². The van der Waals surface area contributed by atoms with Crippen LogP contribution in [0.2, 0.25) is 0 Å². The summed E-state index contributed by atoms with van der Waals surface area (Å²) >= 11 is 0. The molecule has 4 nitrogen and oxygen atoms in total. The lowest BCUT2D eigenvalue weighted by molar-refractivity contribution is -0.137. The third-order valence-corrected chi connectivity index (χ3v) is 3.16. The Kier molecular flexibility index (Phi) is 3.01. The van der Waals surface area contributed by atoms with Crippen molar-refractivity contribution >= 4 is 5.97 Å². The summed E-state index contributed by atoms with van der Waals surface area (Å²) in [6, 6.07) is 3.52. The summed E-state index contributed by atoms with van der Waals surface area (Å²) in [5.74, 6) is 2.12. The van der Waals surface area contributed by atoms with Crippen molar-refractivity contribution in [3.63, 3.8) is 0 Å². The third-order valence-electron chi connectivity index (χ3n) is 3.16. The average Bonchev–Trinajstić information content (AvgIpc) is 2.80. The Balaban J connectivity index is 1.93. The van der Waals surface area contributed by atoms with Crippen molar-refractivity contribution < 1.29 is 14.3 Å². The number of rotatable bonds is 5. The minimum atomic E-state index is -0.821. The van der Waals surface area contributed by atoms with Gasteiger partial charge in [0.1, 0.15) is 11.5 Å². The van der Waals surface area contributed by atoms with Gasteiger partial charge < -0.3 is 15.3 Å². The fourth-order valence-corrected chi connectivity index (χ4v) is 1.91. The van der Waals surface area contributed by atoms with Crippen molar-refractivity contribution in [1.29, 1.82) is 0 Å². The molecule has 16 heavy (non-hydrogen) atoms. The maximum atomic E-state index is 10.4. The molecule has 0 aromatic carbocycles. The van der Waals surface area contributed by atoms with E-state index >= 15 is 0 Å². The summed E-state index contributed by atoms with van der Waals surface area (Å²) in [6.07, 6.45) is 1.68. The number of carbonyl (C=O) groups is 1. The van der Waals surface area contributed by atoms with Crippen LogP contribution in [0.15, 0.2) is 16.5 Å². The molecule has 4 heteroatoms. The van der Waals surface area contributed by atoms with Crippen LogP contribution in [0.5, 0.6) is 0 Å². The van der Waals surface area contributed by atoms with Crippen LogP contribution in [0.4, 0.5) is 0 Å². The Hall–Kier alpha value is -1.29. The lowest BCUT2D eigenvalue weighted by Gasteiger charge is -2.06. The molecule has 1 aromatic rings. The highest BCUT2D eigenvalue weighted by molar-refractivity contribution is 5.66. The fourth-order valence-electron chi connectivity index (χ4n) is 1.91. The first-order chi connectivity index (χ1) is 7.58. The first-order valence-electron chi connectivity index (χ1n) is 5.65. The van der Waals surface area contributed by atoms with Gasteiger partial charge in [-0.2, -0.15) is 0 Å². The van der Waals surface area contributed by atoms with Gasteiger partial charge in [-0.25, -0.2) is 0 Å². The summed E-state index contributed by atoms with van der Waals surface area (Å²) in [5, 5.41) is 8.56. The zero-order chi connectivity index (χ0) is 11.7. The van der Waals surface area contributed by atoms with Gasteiger partial charge in [0.15, 0.2) is 0 Å². The van der Waals surface area contributed by atoms with Crippen LogP contribution in [0, 0.1) is 5.92 Å². The van der Waals surface area contributed by atoms with E-state index in [2.05, 4.69) is 6.92 Å². The highest BCUT2D eigenvalue weighted by Crippen LogP contribution is 2.47. The van der Waals surface area contributed by atoms with E-state index in [0.29, 0.717) is 24.0 Å². The van der Waals surface area contributed by atoms with Gasteiger partial charge in [-0.1, -0.05) is 6.92 Å². The van der Waals surface area contributed by atoms with Gasteiger partial charge in [0.05, 0.1) is 6.04 Å². The summed E-state index contributed by atoms with van der Waals surface area (Å²) < 4.78 is 5.65. The van der Waals surface area contributed by atoms with E-state index in [9.17, 15) is 4.79 Å². The Bertz CT molecular complexity index is 385. The standard InChI is InChI=1S/C12H17NO3/c1-7-6-8(7)10-3-4-11(16-10)9(13)2-5-12(14)15/h3-4,7-9H,2,5-6,13H2,1H3,(H,14,15). The van der Waals surface area contributed by atoms with Gasteiger partial charge in [-0.3, -0.25) is 4.79 Å². The second kappa shape index (κ2) is 4.29. The number of nitrogens with two attached hydrogens (primary N) is 1. The monoisotopic (exact) mass is 223 g/mol. The number of carboxylic acids is 1. The maximum absolute atomic E-state index is 10.4. The van der Waals surface area contributed by atoms with E-state index in [4.69, 9.17) is 15.3 Å². The molecule has 3 N–H and O–H groups in total. The van der Waals surface area contributed by atoms with Crippen molar-refractivity contribution in [3.8, 4) is 0 Å². The second-order valence-electron chi connectivity index (χ2n) is 4.60. The molecule has 2 rings (SSSR count). The number of hydrogen-bond donors (Lipinski definition) is 2. The molecule has 1 aliphatic rings. The Labute approximate surface area is 94.4 Å². The van der Waals surface area contributed by atoms with Gasteiger partial charge >= 0.3 is 5.97 Å². The highest BCUT2D eigenvalue weighted by Gasteiger charge is 2.36. The molecule has 3 unspecified atom stereocenters. The molecular formula is C12H17NO3. The molecule has 0 spiro atoms. The van der Waals surface area contributed by atoms with Crippen molar-refractivity contribution in [3.05, 3.63) is 23.7 Å². The van der Waals surface area contributed by atoms with Crippen molar-refractivity contribution in [2.45, 2.75) is 38.1 Å². The molecule has 3 atom stereocenters. The van der Waals surface area contributed by atoms with Gasteiger partial charge in [0.25, 0.3) is 0 Å². The summed E-state index contributed by atoms with van der Waals surface area (Å²) in [6.45, 7) is 2.19. The van der Waals surface area contributed by atoms with E-state index in [-0.39, 0.29) is 12.5 Å². The fraction of sp³-hybridized carbons (Fsp3) is 0.583. The molecule has 0 aliphatic heterocycles. The van der Waals surface area contributed by atoms with Crippen LogP contribution in [0.1, 0.15) is 49.7 Å². The largest absolute Gasteiger partial charge is 0.481 e. The van der Waals surface area contributed by atoms with Crippen molar-refractivity contribution in [2.24, 2.45) is 11.7 Å². The van der Waals surface area contributed by atoms with Gasteiger partial charge in [-0.15, -0.1) is 0 Å². The van der Waals surface area contributed by atoms with E-state index in [0.717, 1.165) is 5.76 Å². The molecule has 88 valence electrons. The van der Waals surface area contributed by atoms with Crippen LogP contribution in [-0.2, 0) is 4.79 Å². The predicted octanol–water partition coefficient (Wildman–Crippen LogP) is 2.27. The number of furan rings is 1. The average molecular weight is 223 g/mol. The molecular weight excluding hydrogens is 206 g/mol. The summed E-state index contributed by atoms with van der Waals surface area (Å²) in [4.78, 5) is 10.4. The molecule has 1 aliphatic carbocycles. The lowest BCUT2D eigenvalue weighted by atomic mass is 10.1. The molecule has 0 bridgehead atoms.